The lowest BCUT2D eigenvalue weighted by Gasteiger charge is -2.18. The van der Waals surface area contributed by atoms with E-state index in [1.54, 1.807) is 0 Å². The lowest BCUT2D eigenvalue weighted by Crippen LogP contribution is -2.29. The molecule has 0 radical (unpaired) electrons. The monoisotopic (exact) mass is 718 g/mol. The van der Waals surface area contributed by atoms with Crippen LogP contribution in [0.2, 0.25) is 0 Å². The maximum absolute atomic E-state index is 12.4. The van der Waals surface area contributed by atoms with Gasteiger partial charge in [0.25, 0.3) is 0 Å². The van der Waals surface area contributed by atoms with Crippen molar-refractivity contribution in [3.05, 3.63) is 85.1 Å². The first-order valence-electron chi connectivity index (χ1n) is 18.9. The van der Waals surface area contributed by atoms with Crippen molar-refractivity contribution in [3.8, 4) is 0 Å². The van der Waals surface area contributed by atoms with Crippen molar-refractivity contribution in [2.75, 3.05) is 13.2 Å². The van der Waals surface area contributed by atoms with Gasteiger partial charge in [-0.3, -0.25) is 14.1 Å². The van der Waals surface area contributed by atoms with Crippen LogP contribution in [0.1, 0.15) is 142 Å². The van der Waals surface area contributed by atoms with E-state index in [2.05, 4.69) is 67.0 Å². The molecule has 0 unspecified atom stereocenters. The minimum Gasteiger partial charge on any atom is -0.462 e. The summed E-state index contributed by atoms with van der Waals surface area (Å²) in [7, 11) is -4.77. The predicted octanol–water partition coefficient (Wildman–Crippen LogP) is 11.3. The van der Waals surface area contributed by atoms with Gasteiger partial charge in [-0.2, -0.15) is 0 Å². The summed E-state index contributed by atoms with van der Waals surface area (Å²) in [5, 5.41) is 0. The second-order valence-electron chi connectivity index (χ2n) is 12.3. The molecule has 0 aromatic heterocycles. The van der Waals surface area contributed by atoms with E-state index in [-0.39, 0.29) is 19.4 Å². The maximum Gasteiger partial charge on any atom is 0.469 e. The molecular formula is C41H67O8P. The Hall–Kier alpha value is -2.77. The second kappa shape index (κ2) is 36.0. The summed E-state index contributed by atoms with van der Waals surface area (Å²) in [6, 6.07) is 0. The normalized spacial score (nSPS) is 13.4. The first kappa shape index (κ1) is 47.2. The van der Waals surface area contributed by atoms with Crippen molar-refractivity contribution in [3.63, 3.8) is 0 Å². The third-order valence-electron chi connectivity index (χ3n) is 7.49. The van der Waals surface area contributed by atoms with Crippen molar-refractivity contribution >= 4 is 19.8 Å². The molecule has 0 aliphatic carbocycles. The molecule has 0 aromatic carbocycles. The molecule has 0 spiro atoms. The van der Waals surface area contributed by atoms with Gasteiger partial charge in [-0.1, -0.05) is 144 Å². The molecular weight excluding hydrogens is 651 g/mol. The van der Waals surface area contributed by atoms with E-state index in [0.29, 0.717) is 12.8 Å². The van der Waals surface area contributed by atoms with Gasteiger partial charge in [-0.15, -0.1) is 0 Å². The van der Waals surface area contributed by atoms with Crippen molar-refractivity contribution < 1.29 is 37.9 Å². The number of carbonyl (C=O) groups excluding carboxylic acids is 2. The van der Waals surface area contributed by atoms with Gasteiger partial charge in [-0.05, 0) is 70.6 Å². The van der Waals surface area contributed by atoms with Crippen molar-refractivity contribution in [1.82, 2.24) is 0 Å². The van der Waals surface area contributed by atoms with Crippen molar-refractivity contribution in [2.24, 2.45) is 0 Å². The zero-order chi connectivity index (χ0) is 36.8. The van der Waals surface area contributed by atoms with Crippen LogP contribution in [0.15, 0.2) is 85.1 Å². The van der Waals surface area contributed by atoms with Gasteiger partial charge in [0.1, 0.15) is 6.61 Å². The van der Waals surface area contributed by atoms with Crippen LogP contribution in [-0.4, -0.2) is 41.0 Å². The molecule has 50 heavy (non-hydrogen) atoms. The molecule has 0 bridgehead atoms. The molecule has 0 saturated heterocycles. The van der Waals surface area contributed by atoms with Crippen LogP contribution in [0.4, 0.5) is 0 Å². The average Bonchev–Trinajstić information content (AvgIpc) is 3.08. The number of hydrogen-bond donors (Lipinski definition) is 2. The summed E-state index contributed by atoms with van der Waals surface area (Å²) in [6.07, 6.45) is 47.2. The Morgan fingerprint density at radius 1 is 0.560 bits per heavy atom. The Bertz CT molecular complexity index is 1080. The molecule has 0 aromatic rings. The molecule has 0 saturated carbocycles. The Balaban J connectivity index is 4.08. The fourth-order valence-corrected chi connectivity index (χ4v) is 5.04. The summed E-state index contributed by atoms with van der Waals surface area (Å²) in [4.78, 5) is 42.7. The van der Waals surface area contributed by atoms with Crippen LogP contribution in [-0.2, 0) is 28.2 Å². The van der Waals surface area contributed by atoms with Gasteiger partial charge in [0.2, 0.25) is 0 Å². The average molecular weight is 719 g/mol. The Labute approximate surface area is 303 Å². The first-order valence-corrected chi connectivity index (χ1v) is 20.5. The van der Waals surface area contributed by atoms with E-state index in [1.807, 2.05) is 36.5 Å². The van der Waals surface area contributed by atoms with Gasteiger partial charge in [0, 0.05) is 12.8 Å². The third-order valence-corrected chi connectivity index (χ3v) is 7.98. The predicted molar refractivity (Wildman–Crippen MR) is 207 cm³/mol. The fraction of sp³-hybridized carbons (Fsp3) is 0.610. The van der Waals surface area contributed by atoms with E-state index in [0.717, 1.165) is 77.0 Å². The molecule has 0 heterocycles. The number of esters is 2. The van der Waals surface area contributed by atoms with Crippen molar-refractivity contribution in [1.29, 1.82) is 0 Å². The van der Waals surface area contributed by atoms with Crippen LogP contribution in [0.5, 0.6) is 0 Å². The molecule has 9 heteroatoms. The lowest BCUT2D eigenvalue weighted by molar-refractivity contribution is -0.161. The number of carbonyl (C=O) groups is 2. The van der Waals surface area contributed by atoms with Crippen LogP contribution in [0.3, 0.4) is 0 Å². The van der Waals surface area contributed by atoms with E-state index in [4.69, 9.17) is 19.3 Å². The molecule has 284 valence electrons. The topological polar surface area (TPSA) is 119 Å². The minimum atomic E-state index is -4.77. The Kier molecular flexibility index (Phi) is 34.0. The number of allylic oxidation sites excluding steroid dienone is 14. The van der Waals surface area contributed by atoms with Crippen LogP contribution in [0.25, 0.3) is 0 Å². The molecule has 0 amide bonds. The van der Waals surface area contributed by atoms with Gasteiger partial charge in [0.05, 0.1) is 6.61 Å². The van der Waals surface area contributed by atoms with Crippen LogP contribution in [0, 0.1) is 0 Å². The molecule has 8 nitrogen and oxygen atoms in total. The van der Waals surface area contributed by atoms with Gasteiger partial charge in [-0.25, -0.2) is 4.57 Å². The molecule has 2 N–H and O–H groups in total. The minimum absolute atomic E-state index is 0.175. The number of phosphoric ester groups is 1. The zero-order valence-electron chi connectivity index (χ0n) is 31.0. The Morgan fingerprint density at radius 3 is 1.62 bits per heavy atom. The van der Waals surface area contributed by atoms with Gasteiger partial charge >= 0.3 is 19.8 Å². The second-order valence-corrected chi connectivity index (χ2v) is 13.5. The molecule has 0 rings (SSSR count). The van der Waals surface area contributed by atoms with Crippen LogP contribution < -0.4 is 0 Å². The standard InChI is InChI=1S/C41H67O8P/c1-3-5-7-9-11-13-15-17-19-20-22-23-25-27-29-31-33-35-40(42)47-37-39(38-48-50(44,45)46)49-41(43)36-34-32-30-28-26-24-21-18-16-14-12-10-8-6-4-2/h6,8,10-14,16-19,21-23,39H,3-5,7,9,15,20,24-38H2,1-2H3,(H2,44,45,46)/b8-6+,12-10+,13-11+,16-14+,19-17+,21-18+,23-22+/t39-/m1/s1. The SMILES string of the molecule is CC/C=C/C=C/C=C/C=C/CCCCCCCC(=O)O[C@H](COC(=O)CCCCCC/C=C/C/C=C/C/C=C/CCCCC)COP(=O)(O)O. The summed E-state index contributed by atoms with van der Waals surface area (Å²) in [5.74, 6) is -0.947. The highest BCUT2D eigenvalue weighted by Crippen LogP contribution is 2.36. The fourth-order valence-electron chi connectivity index (χ4n) is 4.68. The van der Waals surface area contributed by atoms with E-state index in [1.165, 1.54) is 25.7 Å². The summed E-state index contributed by atoms with van der Waals surface area (Å²) >= 11 is 0. The molecule has 1 atom stereocenters. The highest BCUT2D eigenvalue weighted by atomic mass is 31.2. The zero-order valence-corrected chi connectivity index (χ0v) is 31.9. The number of rotatable bonds is 33. The number of phosphoric acid groups is 1. The highest BCUT2D eigenvalue weighted by molar-refractivity contribution is 7.46. The van der Waals surface area contributed by atoms with E-state index >= 15 is 0 Å². The summed E-state index contributed by atoms with van der Waals surface area (Å²) in [5.41, 5.74) is 0. The third kappa shape index (κ3) is 38.0. The highest BCUT2D eigenvalue weighted by Gasteiger charge is 2.22. The van der Waals surface area contributed by atoms with Crippen LogP contribution >= 0.6 is 7.82 Å². The molecule has 0 aliphatic heterocycles. The lowest BCUT2D eigenvalue weighted by atomic mass is 10.1. The number of hydrogen-bond acceptors (Lipinski definition) is 6. The molecule has 0 aliphatic rings. The number of unbranched alkanes of at least 4 members (excludes halogenated alkanes) is 12. The quantitative estimate of drug-likeness (QED) is 0.0226. The maximum atomic E-state index is 12.4. The van der Waals surface area contributed by atoms with E-state index < -0.39 is 32.5 Å². The summed E-state index contributed by atoms with van der Waals surface area (Å²) in [6.45, 7) is 3.45. The van der Waals surface area contributed by atoms with E-state index in [9.17, 15) is 14.2 Å². The summed E-state index contributed by atoms with van der Waals surface area (Å²) < 4.78 is 26.3. The largest absolute Gasteiger partial charge is 0.469 e. The number of ether oxygens (including phenoxy) is 2. The van der Waals surface area contributed by atoms with Crippen molar-refractivity contribution in [2.45, 2.75) is 148 Å². The van der Waals surface area contributed by atoms with Gasteiger partial charge in [0.15, 0.2) is 6.10 Å². The molecule has 0 fully saturated rings. The first-order chi connectivity index (χ1) is 24.3. The Morgan fingerprint density at radius 2 is 1.04 bits per heavy atom. The smallest absolute Gasteiger partial charge is 0.462 e. The van der Waals surface area contributed by atoms with Gasteiger partial charge < -0.3 is 19.3 Å².